The number of aryl methyl sites for hydroxylation is 3. The Morgan fingerprint density at radius 2 is 2.08 bits per heavy atom. The molecule has 2 rings (SSSR count). The molecule has 0 spiro atoms. The van der Waals surface area contributed by atoms with Crippen molar-refractivity contribution >= 4 is 29.9 Å². The maximum Gasteiger partial charge on any atom is 0.226 e. The molecule has 0 aliphatic heterocycles. The van der Waals surface area contributed by atoms with Crippen LogP contribution in [0.15, 0.2) is 27.7 Å². The number of nitrogens with zero attached hydrogens (tertiary/aromatic N) is 3. The molecule has 25 heavy (non-hydrogen) atoms. The Balaban J connectivity index is 0.00000312. The van der Waals surface area contributed by atoms with Gasteiger partial charge in [0, 0.05) is 32.1 Å². The van der Waals surface area contributed by atoms with E-state index in [1.807, 2.05) is 19.9 Å². The molecule has 0 amide bonds. The lowest BCUT2D eigenvalue weighted by Crippen LogP contribution is -2.37. The summed E-state index contributed by atoms with van der Waals surface area (Å²) in [6, 6.07) is 6.16. The first-order chi connectivity index (χ1) is 11.6. The number of benzene rings is 1. The Hall–Kier alpha value is -1.84. The Morgan fingerprint density at radius 3 is 2.72 bits per heavy atom. The normalized spacial score (nSPS) is 11.0. The van der Waals surface area contributed by atoms with Crippen LogP contribution in [0.2, 0.25) is 0 Å². The fraction of sp³-hybridized carbons (Fsp3) is 0.471. The lowest BCUT2D eigenvalue weighted by Gasteiger charge is -2.14. The maximum absolute atomic E-state index is 5.42. The van der Waals surface area contributed by atoms with Gasteiger partial charge in [-0.05, 0) is 31.9 Å². The molecule has 2 N–H and O–H groups in total. The minimum atomic E-state index is 0. The second-order valence-electron chi connectivity index (χ2n) is 5.51. The molecule has 0 bridgehead atoms. The average molecular weight is 459 g/mol. The SMILES string of the molecule is CN=C(NCCCc1nc(C)no1)NCc1ccc(C)cc1OC.I. The highest BCUT2D eigenvalue weighted by atomic mass is 127. The zero-order valence-corrected chi connectivity index (χ0v) is 17.5. The van der Waals surface area contributed by atoms with Crippen LogP contribution in [0.5, 0.6) is 5.75 Å². The van der Waals surface area contributed by atoms with E-state index in [0.717, 1.165) is 36.7 Å². The van der Waals surface area contributed by atoms with Crippen molar-refractivity contribution in [2.45, 2.75) is 33.2 Å². The Kier molecular flexibility index (Phi) is 9.25. The highest BCUT2D eigenvalue weighted by Crippen LogP contribution is 2.19. The molecule has 8 heteroatoms. The number of nitrogens with one attached hydrogen (secondary N) is 2. The van der Waals surface area contributed by atoms with Gasteiger partial charge in [0.25, 0.3) is 0 Å². The van der Waals surface area contributed by atoms with Crippen molar-refractivity contribution in [3.63, 3.8) is 0 Å². The molecule has 0 atom stereocenters. The summed E-state index contributed by atoms with van der Waals surface area (Å²) in [5, 5.41) is 10.3. The van der Waals surface area contributed by atoms with Gasteiger partial charge >= 0.3 is 0 Å². The van der Waals surface area contributed by atoms with Gasteiger partial charge in [-0.3, -0.25) is 4.99 Å². The predicted octanol–water partition coefficient (Wildman–Crippen LogP) is 2.61. The van der Waals surface area contributed by atoms with Crippen LogP contribution in [-0.2, 0) is 13.0 Å². The van der Waals surface area contributed by atoms with E-state index in [9.17, 15) is 0 Å². The lowest BCUT2D eigenvalue weighted by molar-refractivity contribution is 0.372. The summed E-state index contributed by atoms with van der Waals surface area (Å²) < 4.78 is 10.5. The fourth-order valence-electron chi connectivity index (χ4n) is 2.29. The van der Waals surface area contributed by atoms with Gasteiger partial charge < -0.3 is 19.9 Å². The number of rotatable bonds is 7. The van der Waals surface area contributed by atoms with Crippen LogP contribution >= 0.6 is 24.0 Å². The summed E-state index contributed by atoms with van der Waals surface area (Å²) >= 11 is 0. The van der Waals surface area contributed by atoms with E-state index < -0.39 is 0 Å². The van der Waals surface area contributed by atoms with Crippen molar-refractivity contribution in [1.29, 1.82) is 0 Å². The molecule has 0 saturated heterocycles. The first-order valence-corrected chi connectivity index (χ1v) is 7.99. The molecule has 0 saturated carbocycles. The number of methoxy groups -OCH3 is 1. The molecule has 138 valence electrons. The van der Waals surface area contributed by atoms with Gasteiger partial charge in [-0.15, -0.1) is 24.0 Å². The number of hydrogen-bond donors (Lipinski definition) is 2. The molecular formula is C17H26IN5O2. The summed E-state index contributed by atoms with van der Waals surface area (Å²) in [5.41, 5.74) is 2.27. The molecule has 0 fully saturated rings. The molecule has 7 nitrogen and oxygen atoms in total. The molecule has 0 radical (unpaired) electrons. The minimum absolute atomic E-state index is 0. The largest absolute Gasteiger partial charge is 0.496 e. The van der Waals surface area contributed by atoms with Gasteiger partial charge in [-0.25, -0.2) is 0 Å². The summed E-state index contributed by atoms with van der Waals surface area (Å²) in [6.07, 6.45) is 1.63. The first kappa shape index (κ1) is 21.2. The van der Waals surface area contributed by atoms with Gasteiger partial charge in [-0.2, -0.15) is 4.98 Å². The highest BCUT2D eigenvalue weighted by Gasteiger charge is 2.05. The molecule has 1 heterocycles. The first-order valence-electron chi connectivity index (χ1n) is 7.99. The van der Waals surface area contributed by atoms with E-state index in [4.69, 9.17) is 9.26 Å². The Morgan fingerprint density at radius 1 is 1.28 bits per heavy atom. The molecule has 0 aliphatic rings. The monoisotopic (exact) mass is 459 g/mol. The van der Waals surface area contributed by atoms with Gasteiger partial charge in [-0.1, -0.05) is 17.3 Å². The van der Waals surface area contributed by atoms with E-state index in [1.54, 1.807) is 14.2 Å². The van der Waals surface area contributed by atoms with Gasteiger partial charge in [0.15, 0.2) is 11.8 Å². The lowest BCUT2D eigenvalue weighted by atomic mass is 10.1. The smallest absolute Gasteiger partial charge is 0.226 e. The third-order valence-electron chi connectivity index (χ3n) is 3.54. The summed E-state index contributed by atoms with van der Waals surface area (Å²) in [6.45, 7) is 5.28. The summed E-state index contributed by atoms with van der Waals surface area (Å²) in [7, 11) is 3.44. The van der Waals surface area contributed by atoms with Crippen LogP contribution in [0.3, 0.4) is 0 Å². The molecule has 1 aromatic carbocycles. The van der Waals surface area contributed by atoms with Crippen molar-refractivity contribution in [3.8, 4) is 5.75 Å². The van der Waals surface area contributed by atoms with E-state index in [-0.39, 0.29) is 24.0 Å². The van der Waals surface area contributed by atoms with Crippen LogP contribution in [-0.4, -0.2) is 36.8 Å². The number of aromatic nitrogens is 2. The maximum atomic E-state index is 5.42. The van der Waals surface area contributed by atoms with Crippen molar-refractivity contribution in [2.24, 2.45) is 4.99 Å². The molecule has 0 aliphatic carbocycles. The zero-order chi connectivity index (χ0) is 17.4. The fourth-order valence-corrected chi connectivity index (χ4v) is 2.29. The van der Waals surface area contributed by atoms with Crippen LogP contribution in [0.1, 0.15) is 29.3 Å². The number of guanidine groups is 1. The second-order valence-corrected chi connectivity index (χ2v) is 5.51. The summed E-state index contributed by atoms with van der Waals surface area (Å²) in [4.78, 5) is 8.41. The number of hydrogen-bond acceptors (Lipinski definition) is 5. The number of aliphatic imine (C=N–C) groups is 1. The van der Waals surface area contributed by atoms with Crippen molar-refractivity contribution in [3.05, 3.63) is 41.0 Å². The van der Waals surface area contributed by atoms with Crippen LogP contribution in [0.4, 0.5) is 0 Å². The molecular weight excluding hydrogens is 433 g/mol. The predicted molar refractivity (Wildman–Crippen MR) is 109 cm³/mol. The van der Waals surface area contributed by atoms with Crippen LogP contribution in [0, 0.1) is 13.8 Å². The van der Waals surface area contributed by atoms with E-state index in [0.29, 0.717) is 18.3 Å². The zero-order valence-electron chi connectivity index (χ0n) is 15.1. The third-order valence-corrected chi connectivity index (χ3v) is 3.54. The standard InChI is InChI=1S/C17H25N5O2.HI/c1-12-7-8-14(15(10-12)23-4)11-20-17(18-3)19-9-5-6-16-21-13(2)22-24-16;/h7-8,10H,5-6,9,11H2,1-4H3,(H2,18,19,20);1H. The molecule has 0 unspecified atom stereocenters. The molecule has 1 aromatic heterocycles. The molecule has 2 aromatic rings. The third kappa shape index (κ3) is 6.89. The van der Waals surface area contributed by atoms with Gasteiger partial charge in [0.2, 0.25) is 5.89 Å². The minimum Gasteiger partial charge on any atom is -0.496 e. The van der Waals surface area contributed by atoms with Crippen molar-refractivity contribution < 1.29 is 9.26 Å². The Labute approximate surface area is 165 Å². The quantitative estimate of drug-likeness (QED) is 0.287. The summed E-state index contributed by atoms with van der Waals surface area (Å²) in [5.74, 6) is 2.97. The van der Waals surface area contributed by atoms with Crippen LogP contribution in [0.25, 0.3) is 0 Å². The number of ether oxygens (including phenoxy) is 1. The topological polar surface area (TPSA) is 84.6 Å². The van der Waals surface area contributed by atoms with Crippen molar-refractivity contribution in [1.82, 2.24) is 20.8 Å². The Bertz CT molecular complexity index is 687. The van der Waals surface area contributed by atoms with Crippen molar-refractivity contribution in [2.75, 3.05) is 20.7 Å². The van der Waals surface area contributed by atoms with E-state index >= 15 is 0 Å². The van der Waals surface area contributed by atoms with Gasteiger partial charge in [0.05, 0.1) is 7.11 Å². The highest BCUT2D eigenvalue weighted by molar-refractivity contribution is 14.0. The van der Waals surface area contributed by atoms with Crippen LogP contribution < -0.4 is 15.4 Å². The van der Waals surface area contributed by atoms with E-state index in [1.165, 1.54) is 5.56 Å². The van der Waals surface area contributed by atoms with E-state index in [2.05, 4.69) is 37.9 Å². The average Bonchev–Trinajstić information content (AvgIpc) is 3.00. The second kappa shape index (κ2) is 10.9. The van der Waals surface area contributed by atoms with Gasteiger partial charge in [0.1, 0.15) is 5.75 Å². The number of halogens is 1.